The van der Waals surface area contributed by atoms with E-state index in [1.54, 1.807) is 26.2 Å². The van der Waals surface area contributed by atoms with Crippen LogP contribution in [0.1, 0.15) is 32.8 Å². The van der Waals surface area contributed by atoms with Gasteiger partial charge >= 0.3 is 0 Å². The average Bonchev–Trinajstić information content (AvgIpc) is 2.36. The topological polar surface area (TPSA) is 78.5 Å². The maximum atomic E-state index is 12.1. The van der Waals surface area contributed by atoms with Crippen LogP contribution in [0.2, 0.25) is 0 Å². The zero-order chi connectivity index (χ0) is 17.0. The molecule has 0 spiro atoms. The Kier molecular flexibility index (Phi) is 6.10. The molecular formula is C15H25N3O3S. The number of amides is 1. The van der Waals surface area contributed by atoms with Crippen molar-refractivity contribution in [2.45, 2.75) is 37.5 Å². The molecule has 0 atom stereocenters. The quantitative estimate of drug-likeness (QED) is 0.771. The molecule has 2 N–H and O–H groups in total. The molecule has 0 heterocycles. The number of rotatable bonds is 6. The zero-order valence-electron chi connectivity index (χ0n) is 13.8. The average molecular weight is 327 g/mol. The van der Waals surface area contributed by atoms with Crippen molar-refractivity contribution in [2.75, 3.05) is 20.6 Å². The normalized spacial score (nSPS) is 12.5. The van der Waals surface area contributed by atoms with E-state index in [1.807, 2.05) is 12.1 Å². The molecule has 0 aliphatic rings. The minimum atomic E-state index is -3.59. The van der Waals surface area contributed by atoms with Crippen LogP contribution in [0.15, 0.2) is 29.2 Å². The molecule has 124 valence electrons. The summed E-state index contributed by atoms with van der Waals surface area (Å²) in [5, 5.41) is 1.52. The second-order valence-corrected chi connectivity index (χ2v) is 8.12. The predicted octanol–water partition coefficient (Wildman–Crippen LogP) is 1.25. The van der Waals surface area contributed by atoms with Crippen LogP contribution in [0.4, 0.5) is 0 Å². The van der Waals surface area contributed by atoms with Gasteiger partial charge in [-0.1, -0.05) is 32.9 Å². The van der Waals surface area contributed by atoms with Gasteiger partial charge in [-0.05, 0) is 23.1 Å². The van der Waals surface area contributed by atoms with Crippen LogP contribution in [-0.2, 0) is 20.2 Å². The standard InChI is InChI=1S/C15H25N3O3S/c1-15(2,3)12-6-8-13(9-7-12)22(20,21)16-11-10-14(19)17-18(4)5/h6-9,16H,10-11H2,1-5H3,(H,17,19). The highest BCUT2D eigenvalue weighted by Crippen LogP contribution is 2.23. The first-order valence-electron chi connectivity index (χ1n) is 7.09. The van der Waals surface area contributed by atoms with Crippen LogP contribution in [0.3, 0.4) is 0 Å². The Morgan fingerprint density at radius 1 is 1.14 bits per heavy atom. The number of carbonyl (C=O) groups excluding carboxylic acids is 1. The lowest BCUT2D eigenvalue weighted by molar-refractivity contribution is -0.124. The van der Waals surface area contributed by atoms with Crippen molar-refractivity contribution in [1.29, 1.82) is 0 Å². The van der Waals surface area contributed by atoms with Gasteiger partial charge in [-0.25, -0.2) is 18.1 Å². The van der Waals surface area contributed by atoms with Crippen molar-refractivity contribution in [3.8, 4) is 0 Å². The third-order valence-corrected chi connectivity index (χ3v) is 4.50. The van der Waals surface area contributed by atoms with Crippen LogP contribution >= 0.6 is 0 Å². The third-order valence-electron chi connectivity index (χ3n) is 3.02. The van der Waals surface area contributed by atoms with E-state index in [0.29, 0.717) is 0 Å². The highest BCUT2D eigenvalue weighted by atomic mass is 32.2. The largest absolute Gasteiger partial charge is 0.289 e. The van der Waals surface area contributed by atoms with Gasteiger partial charge < -0.3 is 0 Å². The fourth-order valence-electron chi connectivity index (χ4n) is 1.82. The SMILES string of the molecule is CN(C)NC(=O)CCNS(=O)(=O)c1ccc(C(C)(C)C)cc1. The van der Waals surface area contributed by atoms with Crippen LogP contribution in [0.5, 0.6) is 0 Å². The summed E-state index contributed by atoms with van der Waals surface area (Å²) >= 11 is 0. The van der Waals surface area contributed by atoms with Gasteiger partial charge in [0.15, 0.2) is 0 Å². The van der Waals surface area contributed by atoms with Crippen molar-refractivity contribution < 1.29 is 13.2 Å². The van der Waals surface area contributed by atoms with Gasteiger partial charge in [0, 0.05) is 27.1 Å². The molecule has 0 aliphatic heterocycles. The number of hydrogen-bond acceptors (Lipinski definition) is 4. The van der Waals surface area contributed by atoms with E-state index < -0.39 is 10.0 Å². The van der Waals surface area contributed by atoms with Crippen LogP contribution in [0, 0.1) is 0 Å². The van der Waals surface area contributed by atoms with Gasteiger partial charge in [-0.15, -0.1) is 0 Å². The van der Waals surface area contributed by atoms with E-state index in [2.05, 4.69) is 30.9 Å². The summed E-state index contributed by atoms with van der Waals surface area (Å²) in [5.41, 5.74) is 3.59. The number of hydrazine groups is 1. The van der Waals surface area contributed by atoms with Crippen molar-refractivity contribution in [1.82, 2.24) is 15.2 Å². The van der Waals surface area contributed by atoms with Gasteiger partial charge in [0.25, 0.3) is 0 Å². The third kappa shape index (κ3) is 5.75. The number of hydrogen-bond donors (Lipinski definition) is 2. The molecule has 1 rings (SSSR count). The summed E-state index contributed by atoms with van der Waals surface area (Å²) in [7, 11) is -0.204. The first-order chi connectivity index (χ1) is 10.0. The summed E-state index contributed by atoms with van der Waals surface area (Å²) in [5.74, 6) is -0.240. The monoisotopic (exact) mass is 327 g/mol. The van der Waals surface area contributed by atoms with Crippen LogP contribution in [-0.4, -0.2) is 40.0 Å². The van der Waals surface area contributed by atoms with E-state index >= 15 is 0 Å². The van der Waals surface area contributed by atoms with Gasteiger partial charge in [-0.3, -0.25) is 10.2 Å². The number of sulfonamides is 1. The summed E-state index contributed by atoms with van der Waals surface area (Å²) in [4.78, 5) is 11.6. The summed E-state index contributed by atoms with van der Waals surface area (Å²) in [6, 6.07) is 6.80. The Labute approximate surface area is 132 Å². The molecule has 0 radical (unpaired) electrons. The lowest BCUT2D eigenvalue weighted by atomic mass is 9.87. The summed E-state index contributed by atoms with van der Waals surface area (Å²) in [6.45, 7) is 6.26. The molecule has 0 saturated heterocycles. The molecule has 0 fully saturated rings. The lowest BCUT2D eigenvalue weighted by Gasteiger charge is -2.19. The van der Waals surface area contributed by atoms with Gasteiger partial charge in [0.1, 0.15) is 0 Å². The van der Waals surface area contributed by atoms with Gasteiger partial charge in [0.05, 0.1) is 4.90 Å². The Hall–Kier alpha value is -1.44. The highest BCUT2D eigenvalue weighted by Gasteiger charge is 2.17. The molecule has 0 bridgehead atoms. The Bertz CT molecular complexity index is 602. The Morgan fingerprint density at radius 3 is 2.14 bits per heavy atom. The molecule has 1 aromatic carbocycles. The summed E-state index contributed by atoms with van der Waals surface area (Å²) < 4.78 is 26.7. The van der Waals surface area contributed by atoms with Gasteiger partial charge in [0.2, 0.25) is 15.9 Å². The zero-order valence-corrected chi connectivity index (χ0v) is 14.6. The molecular weight excluding hydrogens is 302 g/mol. The summed E-state index contributed by atoms with van der Waals surface area (Å²) in [6.07, 6.45) is 0.0808. The highest BCUT2D eigenvalue weighted by molar-refractivity contribution is 7.89. The lowest BCUT2D eigenvalue weighted by Crippen LogP contribution is -2.38. The number of carbonyl (C=O) groups is 1. The van der Waals surface area contributed by atoms with Crippen molar-refractivity contribution in [3.05, 3.63) is 29.8 Å². The molecule has 0 saturated carbocycles. The van der Waals surface area contributed by atoms with E-state index in [1.165, 1.54) is 5.01 Å². The van der Waals surface area contributed by atoms with Crippen molar-refractivity contribution >= 4 is 15.9 Å². The maximum Gasteiger partial charge on any atom is 0.240 e. The van der Waals surface area contributed by atoms with E-state index in [-0.39, 0.29) is 29.2 Å². The molecule has 0 unspecified atom stereocenters. The smallest absolute Gasteiger partial charge is 0.240 e. The maximum absolute atomic E-state index is 12.1. The van der Waals surface area contributed by atoms with Crippen LogP contribution in [0.25, 0.3) is 0 Å². The predicted molar refractivity (Wildman–Crippen MR) is 86.8 cm³/mol. The number of benzene rings is 1. The number of nitrogens with one attached hydrogen (secondary N) is 2. The van der Waals surface area contributed by atoms with Gasteiger partial charge in [-0.2, -0.15) is 0 Å². The van der Waals surface area contributed by atoms with E-state index in [9.17, 15) is 13.2 Å². The Balaban J connectivity index is 2.65. The van der Waals surface area contributed by atoms with Crippen molar-refractivity contribution in [3.63, 3.8) is 0 Å². The number of nitrogens with zero attached hydrogens (tertiary/aromatic N) is 1. The molecule has 6 nitrogen and oxygen atoms in total. The first kappa shape index (κ1) is 18.6. The molecule has 22 heavy (non-hydrogen) atoms. The first-order valence-corrected chi connectivity index (χ1v) is 8.58. The molecule has 1 aromatic rings. The second-order valence-electron chi connectivity index (χ2n) is 6.35. The minimum Gasteiger partial charge on any atom is -0.289 e. The molecule has 1 amide bonds. The molecule has 0 aromatic heterocycles. The van der Waals surface area contributed by atoms with E-state index in [4.69, 9.17) is 0 Å². The van der Waals surface area contributed by atoms with Crippen molar-refractivity contribution in [2.24, 2.45) is 0 Å². The Morgan fingerprint density at radius 2 is 1.68 bits per heavy atom. The van der Waals surface area contributed by atoms with E-state index in [0.717, 1.165) is 5.56 Å². The fraction of sp³-hybridized carbons (Fsp3) is 0.533. The molecule has 7 heteroatoms. The minimum absolute atomic E-state index is 0.0278. The molecule has 0 aliphatic carbocycles. The van der Waals surface area contributed by atoms with Crippen LogP contribution < -0.4 is 10.1 Å². The fourth-order valence-corrected chi connectivity index (χ4v) is 2.85. The second kappa shape index (κ2) is 7.21.